The summed E-state index contributed by atoms with van der Waals surface area (Å²) in [6.07, 6.45) is 1.62. The van der Waals surface area contributed by atoms with Crippen LogP contribution in [0.15, 0.2) is 41.1 Å². The third-order valence-electron chi connectivity index (χ3n) is 3.05. The van der Waals surface area contributed by atoms with Crippen LogP contribution < -0.4 is 5.32 Å². The summed E-state index contributed by atoms with van der Waals surface area (Å²) in [4.78, 5) is 16.4. The molecule has 0 bridgehead atoms. The number of carbonyl (C=O) groups is 1. The van der Waals surface area contributed by atoms with E-state index in [0.29, 0.717) is 11.6 Å². The average molecular weight is 270 g/mol. The molecule has 1 amide bonds. The molecular formula is C14H14N4O2. The molecule has 0 atom stereocenters. The molecular weight excluding hydrogens is 256 g/mol. The van der Waals surface area contributed by atoms with Crippen molar-refractivity contribution in [3.8, 4) is 0 Å². The lowest BCUT2D eigenvalue weighted by Crippen LogP contribution is -2.17. The zero-order chi connectivity index (χ0) is 13.9. The van der Waals surface area contributed by atoms with Crippen molar-refractivity contribution in [2.24, 2.45) is 0 Å². The molecule has 0 aliphatic rings. The molecule has 1 aromatic carbocycles. The van der Waals surface area contributed by atoms with Crippen LogP contribution in [0.25, 0.3) is 11.0 Å². The fourth-order valence-electron chi connectivity index (χ4n) is 2.15. The monoisotopic (exact) mass is 270 g/mol. The number of carbonyl (C=O) groups excluding carboxylic acids is 1. The second-order valence-corrected chi connectivity index (χ2v) is 4.38. The maximum absolute atomic E-state index is 12.0. The van der Waals surface area contributed by atoms with Crippen LogP contribution in [0.5, 0.6) is 0 Å². The zero-order valence-corrected chi connectivity index (χ0v) is 11.0. The van der Waals surface area contributed by atoms with Gasteiger partial charge in [0.25, 0.3) is 0 Å². The van der Waals surface area contributed by atoms with Gasteiger partial charge >= 0.3 is 0 Å². The number of hydrogen-bond donors (Lipinski definition) is 1. The van der Waals surface area contributed by atoms with E-state index in [2.05, 4.69) is 15.5 Å². The molecule has 20 heavy (non-hydrogen) atoms. The Labute approximate surface area is 115 Å². The van der Waals surface area contributed by atoms with Gasteiger partial charge in [-0.2, -0.15) is 0 Å². The molecule has 0 saturated carbocycles. The smallest absolute Gasteiger partial charge is 0.232 e. The van der Waals surface area contributed by atoms with Crippen LogP contribution >= 0.6 is 0 Å². The topological polar surface area (TPSA) is 73.0 Å². The van der Waals surface area contributed by atoms with Crippen LogP contribution in [0.3, 0.4) is 0 Å². The van der Waals surface area contributed by atoms with Crippen LogP contribution in [-0.4, -0.2) is 20.6 Å². The molecule has 3 aromatic rings. The Morgan fingerprint density at radius 1 is 1.35 bits per heavy atom. The second kappa shape index (κ2) is 5.16. The lowest BCUT2D eigenvalue weighted by atomic mass is 10.3. The van der Waals surface area contributed by atoms with E-state index in [1.807, 2.05) is 35.8 Å². The molecule has 0 unspecified atom stereocenters. The predicted octanol–water partition coefficient (Wildman–Crippen LogP) is 2.23. The Morgan fingerprint density at radius 2 is 2.20 bits per heavy atom. The van der Waals surface area contributed by atoms with Crippen molar-refractivity contribution in [1.82, 2.24) is 14.7 Å². The van der Waals surface area contributed by atoms with E-state index in [4.69, 9.17) is 4.52 Å². The summed E-state index contributed by atoms with van der Waals surface area (Å²) in [5, 5.41) is 6.54. The Kier molecular flexibility index (Phi) is 3.20. The van der Waals surface area contributed by atoms with Crippen molar-refractivity contribution in [3.05, 3.63) is 42.3 Å². The number of anilines is 1. The molecule has 0 aliphatic heterocycles. The first-order chi connectivity index (χ1) is 9.78. The summed E-state index contributed by atoms with van der Waals surface area (Å²) in [7, 11) is 0. The Morgan fingerprint density at radius 3 is 2.95 bits per heavy atom. The van der Waals surface area contributed by atoms with Crippen LogP contribution in [0, 0.1) is 0 Å². The van der Waals surface area contributed by atoms with Gasteiger partial charge in [-0.1, -0.05) is 17.3 Å². The number of hydrogen-bond acceptors (Lipinski definition) is 4. The standard InChI is InChI=1S/C14H14N4O2/c1-2-18-12-6-4-3-5-11(12)15-14(18)16-13(19)9-10-7-8-20-17-10/h3-8H,2,9H2,1H3,(H,15,16,19). The highest BCUT2D eigenvalue weighted by molar-refractivity contribution is 5.92. The van der Waals surface area contributed by atoms with Crippen molar-refractivity contribution in [3.63, 3.8) is 0 Å². The molecule has 0 spiro atoms. The first kappa shape index (κ1) is 12.4. The summed E-state index contributed by atoms with van der Waals surface area (Å²) in [6, 6.07) is 9.46. The van der Waals surface area contributed by atoms with E-state index < -0.39 is 0 Å². The summed E-state index contributed by atoms with van der Waals surface area (Å²) >= 11 is 0. The van der Waals surface area contributed by atoms with Gasteiger partial charge in [0, 0.05) is 12.6 Å². The number of nitrogens with zero attached hydrogens (tertiary/aromatic N) is 3. The van der Waals surface area contributed by atoms with Gasteiger partial charge in [-0.25, -0.2) is 4.98 Å². The number of benzene rings is 1. The van der Waals surface area contributed by atoms with Crippen molar-refractivity contribution >= 4 is 22.9 Å². The molecule has 6 nitrogen and oxygen atoms in total. The first-order valence-corrected chi connectivity index (χ1v) is 6.42. The van der Waals surface area contributed by atoms with Gasteiger partial charge in [0.1, 0.15) is 6.26 Å². The van der Waals surface area contributed by atoms with E-state index in [1.54, 1.807) is 6.07 Å². The molecule has 102 valence electrons. The van der Waals surface area contributed by atoms with Gasteiger partial charge in [0.05, 0.1) is 23.1 Å². The SMILES string of the molecule is CCn1c(NC(=O)Cc2ccon2)nc2ccccc21. The zero-order valence-electron chi connectivity index (χ0n) is 11.0. The highest BCUT2D eigenvalue weighted by Crippen LogP contribution is 2.19. The van der Waals surface area contributed by atoms with Gasteiger partial charge in [-0.05, 0) is 19.1 Å². The molecule has 0 saturated heterocycles. The molecule has 0 aliphatic carbocycles. The van der Waals surface area contributed by atoms with Gasteiger partial charge < -0.3 is 9.09 Å². The number of aryl methyl sites for hydroxylation is 1. The lowest BCUT2D eigenvalue weighted by Gasteiger charge is -2.06. The van der Waals surface area contributed by atoms with Gasteiger partial charge in [-0.3, -0.25) is 10.1 Å². The number of rotatable bonds is 4. The van der Waals surface area contributed by atoms with Crippen molar-refractivity contribution in [2.75, 3.05) is 5.32 Å². The first-order valence-electron chi connectivity index (χ1n) is 6.42. The summed E-state index contributed by atoms with van der Waals surface area (Å²) < 4.78 is 6.68. The lowest BCUT2D eigenvalue weighted by molar-refractivity contribution is -0.115. The molecule has 0 fully saturated rings. The normalized spacial score (nSPS) is 10.8. The highest BCUT2D eigenvalue weighted by atomic mass is 16.5. The number of para-hydroxylation sites is 2. The third-order valence-corrected chi connectivity index (χ3v) is 3.05. The predicted molar refractivity (Wildman–Crippen MR) is 74.2 cm³/mol. The van der Waals surface area contributed by atoms with Crippen LogP contribution in [-0.2, 0) is 17.8 Å². The fraction of sp³-hybridized carbons (Fsp3) is 0.214. The number of fused-ring (bicyclic) bond motifs is 1. The number of imidazole rings is 1. The van der Waals surface area contributed by atoms with Gasteiger partial charge in [0.15, 0.2) is 0 Å². The minimum absolute atomic E-state index is 0.163. The molecule has 3 rings (SSSR count). The highest BCUT2D eigenvalue weighted by Gasteiger charge is 2.13. The minimum Gasteiger partial charge on any atom is -0.364 e. The Hall–Kier alpha value is -2.63. The van der Waals surface area contributed by atoms with E-state index in [0.717, 1.165) is 17.6 Å². The van der Waals surface area contributed by atoms with E-state index in [-0.39, 0.29) is 12.3 Å². The maximum Gasteiger partial charge on any atom is 0.232 e. The molecule has 2 heterocycles. The molecule has 1 N–H and O–H groups in total. The quantitative estimate of drug-likeness (QED) is 0.789. The van der Waals surface area contributed by atoms with Crippen LogP contribution in [0.1, 0.15) is 12.6 Å². The molecule has 2 aromatic heterocycles. The van der Waals surface area contributed by atoms with E-state index >= 15 is 0 Å². The Balaban J connectivity index is 1.85. The minimum atomic E-state index is -0.163. The molecule has 0 radical (unpaired) electrons. The van der Waals surface area contributed by atoms with Gasteiger partial charge in [0.2, 0.25) is 11.9 Å². The maximum atomic E-state index is 12.0. The third kappa shape index (κ3) is 2.27. The summed E-state index contributed by atoms with van der Waals surface area (Å²) in [6.45, 7) is 2.75. The second-order valence-electron chi connectivity index (χ2n) is 4.38. The van der Waals surface area contributed by atoms with Crippen molar-refractivity contribution in [2.45, 2.75) is 19.9 Å². The van der Waals surface area contributed by atoms with Crippen molar-refractivity contribution in [1.29, 1.82) is 0 Å². The summed E-state index contributed by atoms with van der Waals surface area (Å²) in [5.41, 5.74) is 2.47. The fourth-order valence-corrected chi connectivity index (χ4v) is 2.15. The number of aromatic nitrogens is 3. The van der Waals surface area contributed by atoms with Crippen LogP contribution in [0.2, 0.25) is 0 Å². The van der Waals surface area contributed by atoms with Crippen molar-refractivity contribution < 1.29 is 9.32 Å². The number of nitrogens with one attached hydrogen (secondary N) is 1. The van der Waals surface area contributed by atoms with E-state index in [1.165, 1.54) is 6.26 Å². The Bertz CT molecular complexity index is 731. The molecule has 6 heteroatoms. The van der Waals surface area contributed by atoms with E-state index in [9.17, 15) is 4.79 Å². The largest absolute Gasteiger partial charge is 0.364 e. The van der Waals surface area contributed by atoms with Crippen LogP contribution in [0.4, 0.5) is 5.95 Å². The number of amides is 1. The van der Waals surface area contributed by atoms with Gasteiger partial charge in [-0.15, -0.1) is 0 Å². The average Bonchev–Trinajstić information content (AvgIpc) is 3.05. The summed E-state index contributed by atoms with van der Waals surface area (Å²) in [5.74, 6) is 0.395.